The highest BCUT2D eigenvalue weighted by Crippen LogP contribution is 2.63. The van der Waals surface area contributed by atoms with Crippen molar-refractivity contribution in [3.8, 4) is 0 Å². The molecule has 0 N–H and O–H groups in total. The van der Waals surface area contributed by atoms with Crippen molar-refractivity contribution in [2.75, 3.05) is 0 Å². The minimum Gasteiger partial charge on any atom is -0.205 e. The van der Waals surface area contributed by atoms with Crippen molar-refractivity contribution in [2.45, 2.75) is 79.7 Å². The molecule has 18 heteroatoms. The fraction of sp³-hybridized carbons (Fsp3) is 1.00. The summed E-state index contributed by atoms with van der Waals surface area (Å²) >= 11 is 0. The van der Waals surface area contributed by atoms with Gasteiger partial charge in [0.1, 0.15) is 8.07 Å². The topological polar surface area (TPSA) is 0 Å². The standard InChI is InChI=1S/C13H13F17Si/c1-31(2,3)13(29,30)12(27,28)11(25,26)10(23,24)9(21,22)8(19,20)6(14,15)4-5-7(16,17)18/h4-5H2,1-3H3. The lowest BCUT2D eigenvalue weighted by Gasteiger charge is -2.44. The van der Waals surface area contributed by atoms with Gasteiger partial charge in [0.15, 0.2) is 0 Å². The molecule has 0 aromatic heterocycles. The van der Waals surface area contributed by atoms with Crippen LogP contribution in [-0.4, -0.2) is 55.3 Å². The van der Waals surface area contributed by atoms with E-state index in [1.807, 2.05) is 0 Å². The summed E-state index contributed by atoms with van der Waals surface area (Å²) in [6, 6.07) is 0. The Morgan fingerprint density at radius 2 is 0.710 bits per heavy atom. The second-order valence-electron chi connectivity index (χ2n) is 7.52. The molecule has 0 aliphatic rings. The van der Waals surface area contributed by atoms with E-state index < -0.39 is 68.2 Å². The Morgan fingerprint density at radius 3 is 1.00 bits per heavy atom. The normalized spacial score (nSPS) is 16.6. The highest BCUT2D eigenvalue weighted by atomic mass is 28.3. The zero-order valence-electron chi connectivity index (χ0n) is 15.3. The molecule has 0 nitrogen and oxygen atoms in total. The van der Waals surface area contributed by atoms with E-state index in [9.17, 15) is 74.6 Å². The van der Waals surface area contributed by atoms with Gasteiger partial charge < -0.3 is 0 Å². The van der Waals surface area contributed by atoms with Crippen LogP contribution >= 0.6 is 0 Å². The number of alkyl halides is 17. The maximum Gasteiger partial charge on any atom is 0.389 e. The molecule has 188 valence electrons. The van der Waals surface area contributed by atoms with Crippen LogP contribution in [0.5, 0.6) is 0 Å². The van der Waals surface area contributed by atoms with Gasteiger partial charge in [0.05, 0.1) is 0 Å². The van der Waals surface area contributed by atoms with Crippen LogP contribution in [-0.2, 0) is 0 Å². The predicted molar refractivity (Wildman–Crippen MR) is 73.3 cm³/mol. The molecule has 0 spiro atoms. The van der Waals surface area contributed by atoms with E-state index in [0.717, 1.165) is 0 Å². The summed E-state index contributed by atoms with van der Waals surface area (Å²) in [6.45, 7) is 0.563. The highest BCUT2D eigenvalue weighted by molar-refractivity contribution is 6.78. The van der Waals surface area contributed by atoms with Crippen molar-refractivity contribution in [3.05, 3.63) is 0 Å². The van der Waals surface area contributed by atoms with Crippen LogP contribution in [0, 0.1) is 0 Å². The van der Waals surface area contributed by atoms with Gasteiger partial charge in [0.2, 0.25) is 0 Å². The Kier molecular flexibility index (Phi) is 7.29. The summed E-state index contributed by atoms with van der Waals surface area (Å²) in [5.74, 6) is -46.5. The molecule has 0 amide bonds. The minimum absolute atomic E-state index is 0.188. The molecule has 31 heavy (non-hydrogen) atoms. The first-order valence-electron chi connectivity index (χ1n) is 7.67. The van der Waals surface area contributed by atoms with E-state index in [1.54, 1.807) is 0 Å². The molecule has 0 radical (unpaired) electrons. The van der Waals surface area contributed by atoms with Crippen molar-refractivity contribution in [1.82, 2.24) is 0 Å². The molecule has 0 aliphatic heterocycles. The average molecular weight is 520 g/mol. The maximum atomic E-state index is 13.7. The van der Waals surface area contributed by atoms with Gasteiger partial charge in [-0.15, -0.1) is 0 Å². The molecule has 0 rings (SSSR count). The van der Waals surface area contributed by atoms with E-state index >= 15 is 0 Å². The fourth-order valence-corrected chi connectivity index (χ4v) is 3.04. The third-order valence-corrected chi connectivity index (χ3v) is 6.29. The fourth-order valence-electron chi connectivity index (χ4n) is 1.95. The van der Waals surface area contributed by atoms with Crippen molar-refractivity contribution in [3.63, 3.8) is 0 Å². The van der Waals surface area contributed by atoms with Gasteiger partial charge in [-0.25, -0.2) is 8.78 Å². The Balaban J connectivity index is 6.56. The van der Waals surface area contributed by atoms with Crippen molar-refractivity contribution in [1.29, 1.82) is 0 Å². The Hall–Kier alpha value is -0.973. The van der Waals surface area contributed by atoms with Crippen LogP contribution in [0.15, 0.2) is 0 Å². The lowest BCUT2D eigenvalue weighted by Crippen LogP contribution is -2.75. The van der Waals surface area contributed by atoms with Crippen LogP contribution < -0.4 is 0 Å². The second-order valence-corrected chi connectivity index (χ2v) is 12.6. The molecule has 0 aromatic rings. The summed E-state index contributed by atoms with van der Waals surface area (Å²) in [5, 5.41) is 0. The molecule has 0 fully saturated rings. The first-order valence-corrected chi connectivity index (χ1v) is 11.2. The minimum atomic E-state index is -8.27. The Labute approximate surface area is 163 Å². The Bertz CT molecular complexity index is 639. The predicted octanol–water partition coefficient (Wildman–Crippen LogP) is 7.65. The molecule has 0 saturated carbocycles. The third-order valence-electron chi connectivity index (χ3n) is 4.10. The molecule has 0 aromatic carbocycles. The quantitative estimate of drug-likeness (QED) is 0.217. The number of hydrogen-bond acceptors (Lipinski definition) is 0. The largest absolute Gasteiger partial charge is 0.389 e. The summed E-state index contributed by atoms with van der Waals surface area (Å²) in [7, 11) is -4.99. The first kappa shape index (κ1) is 30.0. The van der Waals surface area contributed by atoms with Crippen LogP contribution in [0.4, 0.5) is 74.6 Å². The molecular weight excluding hydrogens is 507 g/mol. The Morgan fingerprint density at radius 1 is 0.419 bits per heavy atom. The van der Waals surface area contributed by atoms with Crippen molar-refractivity contribution < 1.29 is 74.6 Å². The van der Waals surface area contributed by atoms with Gasteiger partial charge in [-0.1, -0.05) is 19.6 Å². The van der Waals surface area contributed by atoms with E-state index in [2.05, 4.69) is 0 Å². The number of hydrogen-bond donors (Lipinski definition) is 0. The molecule has 0 aliphatic carbocycles. The zero-order valence-corrected chi connectivity index (χ0v) is 16.3. The van der Waals surface area contributed by atoms with Gasteiger partial charge in [0.25, 0.3) is 5.55 Å². The highest BCUT2D eigenvalue weighted by Gasteiger charge is 2.93. The average Bonchev–Trinajstić information content (AvgIpc) is 2.50. The van der Waals surface area contributed by atoms with Gasteiger partial charge in [0, 0.05) is 12.8 Å². The maximum absolute atomic E-state index is 13.7. The van der Waals surface area contributed by atoms with Gasteiger partial charge in [-0.3, -0.25) is 0 Å². The van der Waals surface area contributed by atoms with Crippen molar-refractivity contribution in [2.24, 2.45) is 0 Å². The molecule has 0 bridgehead atoms. The summed E-state index contributed by atoms with van der Waals surface area (Å²) < 4.78 is 225. The summed E-state index contributed by atoms with van der Waals surface area (Å²) in [4.78, 5) is 0. The molecule has 0 atom stereocenters. The molecule has 0 heterocycles. The van der Waals surface area contributed by atoms with Crippen LogP contribution in [0.3, 0.4) is 0 Å². The van der Waals surface area contributed by atoms with E-state index in [-0.39, 0.29) is 19.6 Å². The van der Waals surface area contributed by atoms with Crippen LogP contribution in [0.25, 0.3) is 0 Å². The monoisotopic (exact) mass is 520 g/mol. The first-order chi connectivity index (χ1) is 13.0. The zero-order chi connectivity index (χ0) is 25.9. The van der Waals surface area contributed by atoms with Gasteiger partial charge in [-0.2, -0.15) is 65.9 Å². The smallest absolute Gasteiger partial charge is 0.205 e. The van der Waals surface area contributed by atoms with Crippen LogP contribution in [0.2, 0.25) is 19.6 Å². The van der Waals surface area contributed by atoms with E-state index in [4.69, 9.17) is 0 Å². The summed E-state index contributed by atoms with van der Waals surface area (Å²) in [6.07, 6.45) is -12.0. The number of rotatable bonds is 9. The van der Waals surface area contributed by atoms with Crippen molar-refractivity contribution >= 4 is 8.07 Å². The van der Waals surface area contributed by atoms with E-state index in [0.29, 0.717) is 0 Å². The molecule has 0 saturated heterocycles. The van der Waals surface area contributed by atoms with Gasteiger partial charge in [-0.05, 0) is 0 Å². The molecular formula is C13H13F17Si. The van der Waals surface area contributed by atoms with E-state index in [1.165, 1.54) is 0 Å². The summed E-state index contributed by atoms with van der Waals surface area (Å²) in [5.41, 5.74) is -6.16. The van der Waals surface area contributed by atoms with Crippen LogP contribution in [0.1, 0.15) is 12.8 Å². The lowest BCUT2D eigenvalue weighted by molar-refractivity contribution is -0.437. The number of halogens is 17. The second kappa shape index (κ2) is 7.53. The SMILES string of the molecule is C[Si](C)(C)C(F)(F)C(F)(F)C(F)(F)C(F)(F)C(F)(F)C(F)(F)C(F)(F)CCC(F)(F)F. The lowest BCUT2D eigenvalue weighted by atomic mass is 9.90. The third kappa shape index (κ3) is 4.45. The van der Waals surface area contributed by atoms with Gasteiger partial charge >= 0.3 is 41.7 Å². The molecule has 0 unspecified atom stereocenters.